The molecule has 4 fully saturated rings. The zero-order valence-corrected chi connectivity index (χ0v) is 24.8. The smallest absolute Gasteiger partial charge is 0.319 e. The second-order valence-electron chi connectivity index (χ2n) is 13.3. The molecule has 0 aliphatic carbocycles. The lowest BCUT2D eigenvalue weighted by molar-refractivity contribution is 0.107. The van der Waals surface area contributed by atoms with Crippen molar-refractivity contribution in [1.29, 1.82) is 0 Å². The summed E-state index contributed by atoms with van der Waals surface area (Å²) in [7, 11) is 0. The van der Waals surface area contributed by atoms with E-state index in [0.29, 0.717) is 41.8 Å². The fourth-order valence-electron chi connectivity index (χ4n) is 8.45. The van der Waals surface area contributed by atoms with Crippen LogP contribution in [0.2, 0.25) is 0 Å². The zero-order valence-electron chi connectivity index (χ0n) is 24.8. The Hall–Kier alpha value is -4.15. The number of ether oxygens (including phenoxy) is 1. The first-order valence-corrected chi connectivity index (χ1v) is 16.0. The van der Waals surface area contributed by atoms with E-state index in [1.54, 1.807) is 18.3 Å². The molecule has 0 unspecified atom stereocenters. The molecular formula is C35H34F2N6O2. The Kier molecular flexibility index (Phi) is 6.15. The highest BCUT2D eigenvalue weighted by molar-refractivity contribution is 6.14. The summed E-state index contributed by atoms with van der Waals surface area (Å²) in [5.74, 6) is 0.0401. The summed E-state index contributed by atoms with van der Waals surface area (Å²) in [4.78, 5) is 18.6. The number of rotatable bonds is 5. The van der Waals surface area contributed by atoms with E-state index in [9.17, 15) is 9.50 Å². The van der Waals surface area contributed by atoms with E-state index < -0.39 is 12.0 Å². The fraction of sp³-hybridized carbons (Fsp3) is 0.400. The van der Waals surface area contributed by atoms with Gasteiger partial charge in [-0.05, 0) is 65.9 Å². The van der Waals surface area contributed by atoms with Crippen LogP contribution in [0.1, 0.15) is 32.1 Å². The summed E-state index contributed by atoms with van der Waals surface area (Å²) in [5, 5.41) is 18.4. The van der Waals surface area contributed by atoms with Crippen molar-refractivity contribution in [1.82, 2.24) is 25.2 Å². The largest absolute Gasteiger partial charge is 0.508 e. The van der Waals surface area contributed by atoms with Gasteiger partial charge in [-0.1, -0.05) is 36.4 Å². The van der Waals surface area contributed by atoms with Gasteiger partial charge < -0.3 is 20.1 Å². The first kappa shape index (κ1) is 27.2. The van der Waals surface area contributed by atoms with E-state index in [4.69, 9.17) is 9.72 Å². The topological polar surface area (TPSA) is 86.6 Å². The number of phenols is 1. The van der Waals surface area contributed by atoms with Gasteiger partial charge in [0.05, 0.1) is 10.9 Å². The van der Waals surface area contributed by atoms with Crippen LogP contribution < -0.4 is 15.0 Å². The van der Waals surface area contributed by atoms with Crippen molar-refractivity contribution < 1.29 is 18.6 Å². The highest BCUT2D eigenvalue weighted by Crippen LogP contribution is 2.42. The van der Waals surface area contributed by atoms with Crippen LogP contribution in [-0.2, 0) is 0 Å². The third-order valence-electron chi connectivity index (χ3n) is 10.5. The Morgan fingerprint density at radius 1 is 1.00 bits per heavy atom. The van der Waals surface area contributed by atoms with E-state index in [1.807, 2.05) is 36.4 Å². The fourth-order valence-corrected chi connectivity index (χ4v) is 8.45. The van der Waals surface area contributed by atoms with Crippen LogP contribution in [0.15, 0.2) is 54.7 Å². The second kappa shape index (κ2) is 10.2. The predicted octanol–water partition coefficient (Wildman–Crippen LogP) is 5.74. The molecule has 2 aromatic heterocycles. The highest BCUT2D eigenvalue weighted by Gasteiger charge is 2.49. The number of aromatic hydroxyl groups is 1. The monoisotopic (exact) mass is 608 g/mol. The molecule has 2 bridgehead atoms. The number of nitrogens with one attached hydrogen (secondary N) is 1. The number of alkyl halides is 1. The molecule has 10 heteroatoms. The van der Waals surface area contributed by atoms with E-state index in [2.05, 4.69) is 25.1 Å². The van der Waals surface area contributed by atoms with E-state index in [0.717, 1.165) is 66.9 Å². The third-order valence-corrected chi connectivity index (χ3v) is 10.5. The maximum atomic E-state index is 16.9. The molecule has 0 radical (unpaired) electrons. The maximum absolute atomic E-state index is 16.9. The number of nitrogens with zero attached hydrogens (tertiary/aromatic N) is 5. The summed E-state index contributed by atoms with van der Waals surface area (Å²) in [5.41, 5.74) is 0.338. The molecule has 4 atom stereocenters. The van der Waals surface area contributed by atoms with Gasteiger partial charge in [-0.2, -0.15) is 9.97 Å². The summed E-state index contributed by atoms with van der Waals surface area (Å²) in [6.45, 7) is 3.03. The van der Waals surface area contributed by atoms with Crippen molar-refractivity contribution >= 4 is 38.3 Å². The van der Waals surface area contributed by atoms with Crippen LogP contribution in [0, 0.1) is 5.82 Å². The van der Waals surface area contributed by atoms with E-state index >= 15 is 4.39 Å². The molecule has 3 aromatic carbocycles. The molecule has 8 nitrogen and oxygen atoms in total. The number of hydrogen-bond donors (Lipinski definition) is 2. The van der Waals surface area contributed by atoms with Crippen molar-refractivity contribution in [2.24, 2.45) is 0 Å². The van der Waals surface area contributed by atoms with E-state index in [-0.39, 0.29) is 35.1 Å². The number of hydrogen-bond acceptors (Lipinski definition) is 8. The number of halogens is 2. The van der Waals surface area contributed by atoms with Crippen LogP contribution in [-0.4, -0.2) is 81.5 Å². The quantitative estimate of drug-likeness (QED) is 0.245. The Morgan fingerprint density at radius 2 is 1.82 bits per heavy atom. The van der Waals surface area contributed by atoms with Crippen LogP contribution in [0.4, 0.5) is 14.6 Å². The summed E-state index contributed by atoms with van der Waals surface area (Å²) in [6, 6.07) is 15.9. The number of benzene rings is 3. The zero-order chi connectivity index (χ0) is 30.3. The van der Waals surface area contributed by atoms with Crippen molar-refractivity contribution in [2.45, 2.75) is 55.9 Å². The molecule has 6 heterocycles. The standard InChI is InChI=1S/C35H34F2N6O2/c36-22-14-35(10-3-11-43(35)16-22)19-45-34-40-32-28(33(41-34)42-17-23-8-9-24(18-42)39-23)15-38-31(30(32)37)27-13-25(44)12-21-7-6-20-4-1-2-5-26(20)29(21)27/h1-2,4-7,12-13,15,22-24,39,44H,3,8-11,14,16-19H2/t22-,23-,24+,35+/m1/s1. The lowest BCUT2D eigenvalue weighted by Crippen LogP contribution is -2.51. The van der Waals surface area contributed by atoms with Gasteiger partial charge in [0.1, 0.15) is 35.6 Å². The molecule has 230 valence electrons. The normalized spacial score (nSPS) is 26.4. The molecule has 5 aromatic rings. The van der Waals surface area contributed by atoms with Gasteiger partial charge in [0.25, 0.3) is 0 Å². The molecule has 0 spiro atoms. The molecule has 9 rings (SSSR count). The van der Waals surface area contributed by atoms with Crippen LogP contribution >= 0.6 is 0 Å². The van der Waals surface area contributed by atoms with Gasteiger partial charge >= 0.3 is 6.01 Å². The van der Waals surface area contributed by atoms with E-state index in [1.165, 1.54) is 0 Å². The third kappa shape index (κ3) is 4.40. The minimum atomic E-state index is -0.877. The predicted molar refractivity (Wildman–Crippen MR) is 170 cm³/mol. The van der Waals surface area contributed by atoms with Crippen molar-refractivity contribution in [2.75, 3.05) is 37.7 Å². The summed E-state index contributed by atoms with van der Waals surface area (Å²) < 4.78 is 37.7. The highest BCUT2D eigenvalue weighted by atomic mass is 19.1. The number of piperazine rings is 1. The van der Waals surface area contributed by atoms with Crippen molar-refractivity contribution in [3.05, 3.63) is 60.5 Å². The first-order valence-electron chi connectivity index (χ1n) is 16.0. The molecule has 2 N–H and O–H groups in total. The van der Waals surface area contributed by atoms with Crippen molar-refractivity contribution in [3.8, 4) is 23.0 Å². The first-order chi connectivity index (χ1) is 21.9. The number of pyridine rings is 1. The Labute approximate surface area is 259 Å². The molecule has 4 aliphatic heterocycles. The Bertz CT molecular complexity index is 1980. The number of phenolic OH excluding ortho intramolecular Hbond substituents is 1. The van der Waals surface area contributed by atoms with Gasteiger partial charge in [-0.3, -0.25) is 9.88 Å². The minimum absolute atomic E-state index is 0.0286. The SMILES string of the molecule is Oc1cc(-c2ncc3c(N4C[C@H]5CC[C@@H](C4)N5)nc(OC[C@@]45CCCN4C[C@H](F)C5)nc3c2F)c2c(ccc3ccccc32)c1. The Balaban J connectivity index is 1.20. The molecule has 45 heavy (non-hydrogen) atoms. The number of anilines is 1. The van der Waals surface area contributed by atoms with Crippen LogP contribution in [0.5, 0.6) is 11.8 Å². The lowest BCUT2D eigenvalue weighted by Gasteiger charge is -2.34. The average Bonchev–Trinajstić information content (AvgIpc) is 3.69. The summed E-state index contributed by atoms with van der Waals surface area (Å²) in [6.07, 6.45) is 5.24. The average molecular weight is 609 g/mol. The lowest BCUT2D eigenvalue weighted by atomic mass is 9.95. The number of fused-ring (bicyclic) bond motifs is 7. The maximum Gasteiger partial charge on any atom is 0.319 e. The molecule has 4 aliphatic rings. The minimum Gasteiger partial charge on any atom is -0.508 e. The molecular weight excluding hydrogens is 574 g/mol. The van der Waals surface area contributed by atoms with Gasteiger partial charge in [0.2, 0.25) is 0 Å². The van der Waals surface area contributed by atoms with Gasteiger partial charge in [0.15, 0.2) is 5.82 Å². The van der Waals surface area contributed by atoms with Gasteiger partial charge in [0, 0.05) is 49.9 Å². The number of aromatic nitrogens is 3. The molecule has 0 saturated carbocycles. The van der Waals surface area contributed by atoms with Crippen LogP contribution in [0.3, 0.4) is 0 Å². The van der Waals surface area contributed by atoms with Crippen molar-refractivity contribution in [3.63, 3.8) is 0 Å². The molecule has 4 saturated heterocycles. The summed E-state index contributed by atoms with van der Waals surface area (Å²) >= 11 is 0. The molecule has 0 amide bonds. The van der Waals surface area contributed by atoms with Gasteiger partial charge in [-0.25, -0.2) is 8.78 Å². The Morgan fingerprint density at radius 3 is 2.69 bits per heavy atom. The van der Waals surface area contributed by atoms with Gasteiger partial charge in [-0.15, -0.1) is 0 Å². The second-order valence-corrected chi connectivity index (χ2v) is 13.3. The van der Waals surface area contributed by atoms with Crippen LogP contribution in [0.25, 0.3) is 43.7 Å².